The molecule has 1 rings (SSSR count). The van der Waals surface area contributed by atoms with Crippen LogP contribution in [0.2, 0.25) is 0 Å². The van der Waals surface area contributed by atoms with E-state index in [0.717, 1.165) is 0 Å². The molecule has 1 aromatic rings. The lowest BCUT2D eigenvalue weighted by atomic mass is 10.1. The molecule has 0 fully saturated rings. The highest BCUT2D eigenvalue weighted by Gasteiger charge is 2.23. The fourth-order valence-electron chi connectivity index (χ4n) is 0.571. The zero-order valence-corrected chi connectivity index (χ0v) is 6.00. The molecule has 0 saturated heterocycles. The van der Waals surface area contributed by atoms with Gasteiger partial charge in [0.25, 0.3) is 0 Å². The summed E-state index contributed by atoms with van der Waals surface area (Å²) >= 11 is 0. The van der Waals surface area contributed by atoms with Crippen LogP contribution in [-0.2, 0) is 10.4 Å². The highest BCUT2D eigenvalue weighted by Crippen LogP contribution is 2.21. The zero-order valence-electron chi connectivity index (χ0n) is 6.00. The van der Waals surface area contributed by atoms with Crippen LogP contribution in [0.1, 0.15) is 19.6 Å². The van der Waals surface area contributed by atoms with Gasteiger partial charge in [0.05, 0.1) is 6.20 Å². The molecule has 2 N–H and O–H groups in total. The summed E-state index contributed by atoms with van der Waals surface area (Å²) in [5, 5.41) is 0. The van der Waals surface area contributed by atoms with Crippen molar-refractivity contribution in [1.82, 2.24) is 4.98 Å². The van der Waals surface area contributed by atoms with Gasteiger partial charge in [-0.3, -0.25) is 4.84 Å². The Hall–Kier alpha value is -0.870. The number of rotatable bonds is 2. The normalized spacial score (nSPS) is 11.9. The average molecular weight is 142 g/mol. The fourth-order valence-corrected chi connectivity index (χ4v) is 0.571. The van der Waals surface area contributed by atoms with Crippen LogP contribution >= 0.6 is 0 Å². The molecule has 1 heterocycles. The molecule has 4 nitrogen and oxygen atoms in total. The largest absolute Gasteiger partial charge is 0.445 e. The number of oxazole rings is 1. The molecule has 10 heavy (non-hydrogen) atoms. The van der Waals surface area contributed by atoms with Crippen LogP contribution in [0.4, 0.5) is 0 Å². The van der Waals surface area contributed by atoms with Crippen LogP contribution < -0.4 is 5.90 Å². The van der Waals surface area contributed by atoms with Gasteiger partial charge in [-0.15, -0.1) is 0 Å². The van der Waals surface area contributed by atoms with E-state index in [9.17, 15) is 0 Å². The fraction of sp³-hybridized carbons (Fsp3) is 0.500. The second-order valence-corrected chi connectivity index (χ2v) is 2.49. The molecule has 0 atom stereocenters. The summed E-state index contributed by atoms with van der Waals surface area (Å²) < 4.78 is 4.97. The van der Waals surface area contributed by atoms with Crippen molar-refractivity contribution in [3.05, 3.63) is 18.4 Å². The van der Waals surface area contributed by atoms with Crippen LogP contribution in [-0.4, -0.2) is 4.98 Å². The molecule has 0 aliphatic rings. The third kappa shape index (κ3) is 1.17. The van der Waals surface area contributed by atoms with Gasteiger partial charge in [0, 0.05) is 0 Å². The van der Waals surface area contributed by atoms with Crippen LogP contribution in [0, 0.1) is 0 Å². The van der Waals surface area contributed by atoms with Gasteiger partial charge in [-0.05, 0) is 13.8 Å². The average Bonchev–Trinajstić information content (AvgIpc) is 2.38. The number of nitrogens with zero attached hydrogens (tertiary/aromatic N) is 1. The summed E-state index contributed by atoms with van der Waals surface area (Å²) in [6, 6.07) is 0. The minimum atomic E-state index is -0.587. The van der Waals surface area contributed by atoms with Crippen LogP contribution in [0.3, 0.4) is 0 Å². The van der Waals surface area contributed by atoms with Crippen LogP contribution in [0.15, 0.2) is 17.0 Å². The molecule has 0 aliphatic carbocycles. The first kappa shape index (κ1) is 7.24. The van der Waals surface area contributed by atoms with Gasteiger partial charge in [-0.1, -0.05) is 0 Å². The molecule has 0 bridgehead atoms. The zero-order chi connectivity index (χ0) is 7.61. The third-order valence-electron chi connectivity index (χ3n) is 1.32. The number of aromatic nitrogens is 1. The predicted octanol–water partition coefficient (Wildman–Crippen LogP) is 0.800. The van der Waals surface area contributed by atoms with E-state index in [4.69, 9.17) is 10.3 Å². The first-order valence-electron chi connectivity index (χ1n) is 2.93. The molecule has 0 aromatic carbocycles. The van der Waals surface area contributed by atoms with Crippen molar-refractivity contribution in [1.29, 1.82) is 0 Å². The maximum atomic E-state index is 5.01. The Morgan fingerprint density at radius 2 is 2.40 bits per heavy atom. The predicted molar refractivity (Wildman–Crippen MR) is 34.8 cm³/mol. The van der Waals surface area contributed by atoms with E-state index < -0.39 is 5.60 Å². The van der Waals surface area contributed by atoms with Gasteiger partial charge in [-0.2, -0.15) is 0 Å². The van der Waals surface area contributed by atoms with Crippen molar-refractivity contribution in [3.63, 3.8) is 0 Å². The molecule has 0 saturated carbocycles. The van der Waals surface area contributed by atoms with Gasteiger partial charge in [0.1, 0.15) is 5.60 Å². The molecular weight excluding hydrogens is 132 g/mol. The Morgan fingerprint density at radius 1 is 1.70 bits per heavy atom. The maximum absolute atomic E-state index is 5.01. The Balaban J connectivity index is 2.85. The van der Waals surface area contributed by atoms with Gasteiger partial charge in [-0.25, -0.2) is 10.9 Å². The van der Waals surface area contributed by atoms with Crippen molar-refractivity contribution < 1.29 is 9.25 Å². The Morgan fingerprint density at radius 3 is 2.80 bits per heavy atom. The number of nitrogens with two attached hydrogens (primary N) is 1. The van der Waals surface area contributed by atoms with Crippen LogP contribution in [0.5, 0.6) is 0 Å². The number of hydrogen-bond donors (Lipinski definition) is 1. The molecule has 0 unspecified atom stereocenters. The molecule has 1 aromatic heterocycles. The van der Waals surface area contributed by atoms with E-state index in [1.807, 2.05) is 0 Å². The number of hydrogen-bond acceptors (Lipinski definition) is 4. The Bertz CT molecular complexity index is 194. The topological polar surface area (TPSA) is 61.3 Å². The highest BCUT2D eigenvalue weighted by molar-refractivity contribution is 4.99. The van der Waals surface area contributed by atoms with Gasteiger partial charge < -0.3 is 4.42 Å². The monoisotopic (exact) mass is 142 g/mol. The highest BCUT2D eigenvalue weighted by atomic mass is 16.6. The molecule has 4 heteroatoms. The Kier molecular flexibility index (Phi) is 1.74. The molecular formula is C6H10N2O2. The van der Waals surface area contributed by atoms with Crippen molar-refractivity contribution in [2.75, 3.05) is 0 Å². The summed E-state index contributed by atoms with van der Waals surface area (Å²) in [5.74, 6) is 5.63. The Labute approximate surface area is 58.9 Å². The van der Waals surface area contributed by atoms with Crippen molar-refractivity contribution in [3.8, 4) is 0 Å². The van der Waals surface area contributed by atoms with Gasteiger partial charge in [0.15, 0.2) is 12.2 Å². The summed E-state index contributed by atoms with van der Waals surface area (Å²) in [6.45, 7) is 3.60. The smallest absolute Gasteiger partial charge is 0.181 e. The van der Waals surface area contributed by atoms with Crippen molar-refractivity contribution >= 4 is 0 Å². The molecule has 0 spiro atoms. The second kappa shape index (κ2) is 2.40. The van der Waals surface area contributed by atoms with Crippen molar-refractivity contribution in [2.45, 2.75) is 19.4 Å². The van der Waals surface area contributed by atoms with E-state index in [1.165, 1.54) is 6.39 Å². The second-order valence-electron chi connectivity index (χ2n) is 2.49. The lowest BCUT2D eigenvalue weighted by molar-refractivity contribution is -0.0388. The summed E-state index contributed by atoms with van der Waals surface area (Å²) in [7, 11) is 0. The van der Waals surface area contributed by atoms with Gasteiger partial charge in [0.2, 0.25) is 0 Å². The minimum absolute atomic E-state index is 0.587. The molecule has 56 valence electrons. The van der Waals surface area contributed by atoms with E-state index in [-0.39, 0.29) is 0 Å². The summed E-state index contributed by atoms with van der Waals surface area (Å²) in [5.41, 5.74) is -0.587. The van der Waals surface area contributed by atoms with E-state index in [1.54, 1.807) is 20.0 Å². The van der Waals surface area contributed by atoms with E-state index in [2.05, 4.69) is 9.82 Å². The lowest BCUT2D eigenvalue weighted by Crippen LogP contribution is -2.24. The lowest BCUT2D eigenvalue weighted by Gasteiger charge is -2.17. The van der Waals surface area contributed by atoms with E-state index in [0.29, 0.717) is 5.76 Å². The minimum Gasteiger partial charge on any atom is -0.445 e. The SMILES string of the molecule is CC(C)(ON)c1cnco1. The summed E-state index contributed by atoms with van der Waals surface area (Å²) in [6.07, 6.45) is 2.92. The standard InChI is InChI=1S/C6H10N2O2/c1-6(2,10-7)5-3-8-4-9-5/h3-4H,7H2,1-2H3. The van der Waals surface area contributed by atoms with Gasteiger partial charge >= 0.3 is 0 Å². The van der Waals surface area contributed by atoms with E-state index >= 15 is 0 Å². The molecule has 0 aliphatic heterocycles. The van der Waals surface area contributed by atoms with Crippen molar-refractivity contribution in [2.24, 2.45) is 5.90 Å². The van der Waals surface area contributed by atoms with Crippen LogP contribution in [0.25, 0.3) is 0 Å². The third-order valence-corrected chi connectivity index (χ3v) is 1.32. The summed E-state index contributed by atoms with van der Waals surface area (Å²) in [4.78, 5) is 8.38. The first-order chi connectivity index (χ1) is 4.67. The maximum Gasteiger partial charge on any atom is 0.181 e. The molecule has 0 radical (unpaired) electrons. The first-order valence-corrected chi connectivity index (χ1v) is 2.93. The molecule has 0 amide bonds. The quantitative estimate of drug-likeness (QED) is 0.620.